The maximum Gasteiger partial charge on any atom is 0.160 e. The molecule has 4 bridgehead atoms. The fourth-order valence-corrected chi connectivity index (χ4v) is 4.54. The van der Waals surface area contributed by atoms with Crippen LogP contribution in [0.5, 0.6) is 0 Å². The lowest BCUT2D eigenvalue weighted by Gasteiger charge is -2.19. The van der Waals surface area contributed by atoms with Gasteiger partial charge >= 0.3 is 0 Å². The van der Waals surface area contributed by atoms with Gasteiger partial charge in [0.15, 0.2) is 5.78 Å². The Kier molecular flexibility index (Phi) is 3.82. The minimum Gasteiger partial charge on any atom is -0.295 e. The highest BCUT2D eigenvalue weighted by molar-refractivity contribution is 6.13. The molecule has 4 aliphatic carbocycles. The monoisotopic (exact) mass is 350 g/mol. The highest BCUT2D eigenvalue weighted by Gasteiger charge is 2.18. The van der Waals surface area contributed by atoms with Gasteiger partial charge in [0.2, 0.25) is 0 Å². The van der Waals surface area contributed by atoms with Crippen molar-refractivity contribution in [2.45, 2.75) is 32.6 Å². The molecule has 27 heavy (non-hydrogen) atoms. The van der Waals surface area contributed by atoms with E-state index in [1.807, 2.05) is 0 Å². The van der Waals surface area contributed by atoms with Crippen molar-refractivity contribution in [2.24, 2.45) is 0 Å². The third-order valence-electron chi connectivity index (χ3n) is 5.97. The molecular formula is C26H22O. The molecule has 4 aromatic rings. The highest BCUT2D eigenvalue weighted by atomic mass is 16.1. The first kappa shape index (κ1) is 16.3. The van der Waals surface area contributed by atoms with E-state index in [1.54, 1.807) is 6.92 Å². The molecule has 0 aliphatic heterocycles. The van der Waals surface area contributed by atoms with Gasteiger partial charge in [0.1, 0.15) is 0 Å². The average molecular weight is 350 g/mol. The minimum atomic E-state index is 0.173. The van der Waals surface area contributed by atoms with E-state index in [-0.39, 0.29) is 5.78 Å². The van der Waals surface area contributed by atoms with Crippen LogP contribution in [-0.2, 0) is 25.7 Å². The third kappa shape index (κ3) is 2.75. The Hall–Kier alpha value is -2.93. The first-order chi connectivity index (χ1) is 13.2. The average Bonchev–Trinajstić information content (AvgIpc) is 2.69. The van der Waals surface area contributed by atoms with Gasteiger partial charge in [0.05, 0.1) is 0 Å². The van der Waals surface area contributed by atoms with Crippen LogP contribution in [0.4, 0.5) is 0 Å². The number of aryl methyl sites for hydroxylation is 4. The summed E-state index contributed by atoms with van der Waals surface area (Å²) in [5, 5.41) is 5.10. The van der Waals surface area contributed by atoms with Crippen molar-refractivity contribution >= 4 is 27.3 Å². The maximum atomic E-state index is 12.6. The number of fused-ring (bicyclic) bond motifs is 1. The number of carbonyl (C=O) groups is 1. The minimum absolute atomic E-state index is 0.173. The number of carbonyl (C=O) groups excluding carboxylic acids is 1. The van der Waals surface area contributed by atoms with E-state index in [9.17, 15) is 4.79 Å². The summed E-state index contributed by atoms with van der Waals surface area (Å²) >= 11 is 0. The zero-order valence-corrected chi connectivity index (χ0v) is 15.6. The summed E-state index contributed by atoms with van der Waals surface area (Å²) in [7, 11) is 0. The molecule has 4 aromatic carbocycles. The van der Waals surface area contributed by atoms with Crippen LogP contribution in [-0.4, -0.2) is 5.78 Å². The van der Waals surface area contributed by atoms with Gasteiger partial charge in [0, 0.05) is 5.56 Å². The number of hydrogen-bond donors (Lipinski definition) is 0. The summed E-state index contributed by atoms with van der Waals surface area (Å²) in [6.45, 7) is 1.71. The van der Waals surface area contributed by atoms with Gasteiger partial charge in [-0.1, -0.05) is 60.7 Å². The van der Waals surface area contributed by atoms with Gasteiger partial charge in [-0.25, -0.2) is 0 Å². The molecule has 0 N–H and O–H groups in total. The van der Waals surface area contributed by atoms with E-state index in [0.717, 1.165) is 31.2 Å². The smallest absolute Gasteiger partial charge is 0.160 e. The number of benzene rings is 4. The zero-order chi connectivity index (χ0) is 18.4. The molecule has 0 amide bonds. The summed E-state index contributed by atoms with van der Waals surface area (Å²) in [5.41, 5.74) is 6.11. The van der Waals surface area contributed by atoms with Crippen molar-refractivity contribution in [1.82, 2.24) is 0 Å². The molecule has 1 heteroatoms. The lowest BCUT2D eigenvalue weighted by molar-refractivity contribution is 0.101. The van der Waals surface area contributed by atoms with E-state index in [0.29, 0.717) is 0 Å². The van der Waals surface area contributed by atoms with Crippen LogP contribution in [0, 0.1) is 0 Å². The van der Waals surface area contributed by atoms with Gasteiger partial charge in [-0.3, -0.25) is 4.79 Å². The Balaban J connectivity index is 1.88. The van der Waals surface area contributed by atoms with Crippen LogP contribution in [0.2, 0.25) is 0 Å². The molecule has 8 rings (SSSR count). The number of ketones is 1. The van der Waals surface area contributed by atoms with Crippen molar-refractivity contribution < 1.29 is 4.79 Å². The Morgan fingerprint density at radius 2 is 1.44 bits per heavy atom. The van der Waals surface area contributed by atoms with E-state index < -0.39 is 0 Å². The van der Waals surface area contributed by atoms with Crippen molar-refractivity contribution in [3.63, 3.8) is 0 Å². The highest BCUT2D eigenvalue weighted by Crippen LogP contribution is 2.35. The first-order valence-electron chi connectivity index (χ1n) is 9.76. The first-order valence-corrected chi connectivity index (χ1v) is 9.76. The van der Waals surface area contributed by atoms with E-state index in [2.05, 4.69) is 66.7 Å². The fourth-order valence-electron chi connectivity index (χ4n) is 4.54. The number of rotatable bonds is 1. The van der Waals surface area contributed by atoms with Gasteiger partial charge in [-0.15, -0.1) is 0 Å². The Labute approximate surface area is 159 Å². The Bertz CT molecular complexity index is 1180. The molecular weight excluding hydrogens is 328 g/mol. The molecule has 0 aromatic heterocycles. The maximum absolute atomic E-state index is 12.6. The predicted molar refractivity (Wildman–Crippen MR) is 113 cm³/mol. The summed E-state index contributed by atoms with van der Waals surface area (Å²) in [4.78, 5) is 12.6. The number of hydrogen-bond acceptors (Lipinski definition) is 1. The van der Waals surface area contributed by atoms with Gasteiger partial charge in [-0.2, -0.15) is 0 Å². The Morgan fingerprint density at radius 1 is 0.741 bits per heavy atom. The SMILES string of the molecule is CC(=O)c1cc2c3ccc4ccccc4c3c1CCc1ccc(cc1)CC2. The predicted octanol–water partition coefficient (Wildman–Crippen LogP) is 6.08. The summed E-state index contributed by atoms with van der Waals surface area (Å²) < 4.78 is 0. The molecule has 1 nitrogen and oxygen atoms in total. The van der Waals surface area contributed by atoms with Crippen molar-refractivity contribution in [1.29, 1.82) is 0 Å². The van der Waals surface area contributed by atoms with Crippen LogP contribution in [0.1, 0.15) is 39.5 Å². The zero-order valence-electron chi connectivity index (χ0n) is 15.6. The topological polar surface area (TPSA) is 17.1 Å². The van der Waals surface area contributed by atoms with Crippen molar-refractivity contribution in [2.75, 3.05) is 0 Å². The second-order valence-corrected chi connectivity index (χ2v) is 7.64. The Morgan fingerprint density at radius 3 is 2.19 bits per heavy atom. The molecule has 0 spiro atoms. The lowest BCUT2D eigenvalue weighted by Crippen LogP contribution is -2.07. The second kappa shape index (κ2) is 6.35. The standard InChI is InChI=1S/C26H22O/c1-17(27)25-16-21-12-10-18-6-8-19(9-7-18)11-14-24(25)26-22-5-3-2-4-20(22)13-15-23(21)26/h2-9,13,15-16H,10-12,14H2,1H3. The number of Topliss-reactive ketones (excluding diaryl/α,β-unsaturated/α-hetero) is 1. The molecule has 0 fully saturated rings. The van der Waals surface area contributed by atoms with Crippen LogP contribution >= 0.6 is 0 Å². The molecule has 0 heterocycles. The molecule has 0 saturated heterocycles. The fraction of sp³-hybridized carbons (Fsp3) is 0.192. The van der Waals surface area contributed by atoms with E-state index in [4.69, 9.17) is 0 Å². The lowest BCUT2D eigenvalue weighted by atomic mass is 9.85. The van der Waals surface area contributed by atoms with Crippen LogP contribution < -0.4 is 0 Å². The van der Waals surface area contributed by atoms with Gasteiger partial charge < -0.3 is 0 Å². The van der Waals surface area contributed by atoms with Crippen molar-refractivity contribution in [3.8, 4) is 0 Å². The van der Waals surface area contributed by atoms with Crippen molar-refractivity contribution in [3.05, 3.63) is 94.5 Å². The molecule has 0 saturated carbocycles. The quantitative estimate of drug-likeness (QED) is 0.300. The van der Waals surface area contributed by atoms with Gasteiger partial charge in [-0.05, 0) is 82.5 Å². The summed E-state index contributed by atoms with van der Waals surface area (Å²) in [5.74, 6) is 0.173. The summed E-state index contributed by atoms with van der Waals surface area (Å²) in [6.07, 6.45) is 3.80. The van der Waals surface area contributed by atoms with Crippen LogP contribution in [0.3, 0.4) is 0 Å². The molecule has 132 valence electrons. The van der Waals surface area contributed by atoms with Gasteiger partial charge in [0.25, 0.3) is 0 Å². The van der Waals surface area contributed by atoms with E-state index >= 15 is 0 Å². The summed E-state index contributed by atoms with van der Waals surface area (Å²) in [6, 6.07) is 24.2. The normalized spacial score (nSPS) is 13.7. The molecule has 0 atom stereocenters. The van der Waals surface area contributed by atoms with Crippen LogP contribution in [0.25, 0.3) is 21.5 Å². The largest absolute Gasteiger partial charge is 0.295 e. The molecule has 0 radical (unpaired) electrons. The molecule has 0 unspecified atom stereocenters. The van der Waals surface area contributed by atoms with E-state index in [1.165, 1.54) is 43.8 Å². The third-order valence-corrected chi connectivity index (χ3v) is 5.97. The van der Waals surface area contributed by atoms with Crippen LogP contribution in [0.15, 0.2) is 66.7 Å². The molecule has 4 aliphatic rings. The second-order valence-electron chi connectivity index (χ2n) is 7.64.